The molecule has 0 saturated carbocycles. The molecule has 0 radical (unpaired) electrons. The van der Waals surface area contributed by atoms with Crippen molar-refractivity contribution in [2.45, 2.75) is 116 Å². The van der Waals surface area contributed by atoms with Crippen LogP contribution in [0.3, 0.4) is 0 Å². The van der Waals surface area contributed by atoms with Crippen molar-refractivity contribution in [3.8, 4) is 20.9 Å². The van der Waals surface area contributed by atoms with Gasteiger partial charge in [0.2, 0.25) is 0 Å². The van der Waals surface area contributed by atoms with E-state index >= 15 is 26.3 Å². The summed E-state index contributed by atoms with van der Waals surface area (Å²) in [5, 5.41) is 0. The molecule has 0 aliphatic heterocycles. The van der Waals surface area contributed by atoms with Gasteiger partial charge in [0.15, 0.2) is 0 Å². The molecule has 38 heteroatoms. The van der Waals surface area contributed by atoms with Crippen LogP contribution in [-0.2, 0) is 9.47 Å². The number of alkyl halides is 32. The van der Waals surface area contributed by atoms with Crippen molar-refractivity contribution in [3.63, 3.8) is 0 Å². The minimum Gasteiger partial charge on any atom is -0.462 e. The molecule has 2 aromatic heterocycles. The first-order chi connectivity index (χ1) is 36.9. The molecule has 2 heterocycles. The Morgan fingerprint density at radius 1 is 0.398 bits per heavy atom. The molecule has 1 aliphatic rings. The van der Waals surface area contributed by atoms with Gasteiger partial charge in [-0.2, -0.15) is 140 Å². The number of benzene rings is 2. The molecule has 0 bridgehead atoms. The summed E-state index contributed by atoms with van der Waals surface area (Å²) in [6.07, 6.45) is -21.2. The summed E-state index contributed by atoms with van der Waals surface area (Å²) >= 11 is 0.877. The summed E-state index contributed by atoms with van der Waals surface area (Å²) in [6.45, 7) is -2.36. The Morgan fingerprint density at radius 2 is 0.651 bits per heavy atom. The molecule has 0 spiro atoms. The second-order valence-electron chi connectivity index (χ2n) is 17.6. The Labute approximate surface area is 447 Å². The molecular weight excluding hydrogens is 1280 g/mol. The topological polar surface area (TPSA) is 52.6 Å². The maximum atomic E-state index is 15.8. The number of aryl methyl sites for hydroxylation is 2. The maximum absolute atomic E-state index is 15.8. The number of rotatable bonds is 20. The highest BCUT2D eigenvalue weighted by Gasteiger charge is 2.92. The molecule has 2 aromatic carbocycles. The summed E-state index contributed by atoms with van der Waals surface area (Å²) < 4.78 is 451. The molecule has 4 nitrogen and oxygen atoms in total. The first-order valence-corrected chi connectivity index (χ1v) is 23.1. The Morgan fingerprint density at radius 3 is 0.904 bits per heavy atom. The summed E-state index contributed by atoms with van der Waals surface area (Å²) in [7, 11) is 0. The average Bonchev–Trinajstić information content (AvgIpc) is 3.82. The van der Waals surface area contributed by atoms with E-state index in [1.165, 1.54) is 0 Å². The standard InChI is InChI=1S/C45H24F32O4S2/c1-17-23(15-25(82-17)19-3-7-21(8-4-19)29(78)80-13-11-31(46,47)35(54,55)38(60,61)40(64,65)42(68,69)44(72,73)74)27-28(34(52,53)37(58,59)33(27,50)51)24-16-26(83-18(24)2)20-5-9-22(10-6-20)30(79)81-14-12-32(48,49)36(56,57)39(62,63)41(66,67)43(70,71)45(75,76)77/h3-10,15-16H,11-14H2,1-2H3. The molecule has 0 N–H and O–H groups in total. The van der Waals surface area contributed by atoms with Crippen molar-refractivity contribution in [3.05, 3.63) is 92.7 Å². The molecule has 0 saturated heterocycles. The predicted molar refractivity (Wildman–Crippen MR) is 222 cm³/mol. The number of carbonyl (C=O) groups is 2. The fraction of sp³-hybridized carbons (Fsp3) is 0.467. The van der Waals surface area contributed by atoms with Gasteiger partial charge in [0, 0.05) is 30.7 Å². The van der Waals surface area contributed by atoms with Gasteiger partial charge in [-0.3, -0.25) is 0 Å². The van der Waals surface area contributed by atoms with Gasteiger partial charge in [0.1, 0.15) is 0 Å². The van der Waals surface area contributed by atoms with E-state index in [0.29, 0.717) is 59.1 Å². The van der Waals surface area contributed by atoms with E-state index in [9.17, 15) is 124 Å². The third-order valence-corrected chi connectivity index (χ3v) is 14.3. The highest BCUT2D eigenvalue weighted by atomic mass is 32.1. The summed E-state index contributed by atoms with van der Waals surface area (Å²) in [4.78, 5) is 23.6. The zero-order valence-corrected chi connectivity index (χ0v) is 41.3. The molecule has 1 aliphatic carbocycles. The zero-order valence-electron chi connectivity index (χ0n) is 39.6. The summed E-state index contributed by atoms with van der Waals surface area (Å²) in [5.41, 5.74) is -7.91. The van der Waals surface area contributed by atoms with Gasteiger partial charge >= 0.3 is 101 Å². The van der Waals surface area contributed by atoms with Crippen LogP contribution in [0.1, 0.15) is 54.4 Å². The van der Waals surface area contributed by atoms with Gasteiger partial charge in [-0.25, -0.2) is 9.59 Å². The highest BCUT2D eigenvalue weighted by molar-refractivity contribution is 7.16. The van der Waals surface area contributed by atoms with Crippen LogP contribution in [0.4, 0.5) is 140 Å². The van der Waals surface area contributed by atoms with Crippen LogP contribution in [-0.4, -0.2) is 114 Å². The summed E-state index contributed by atoms with van der Waals surface area (Å²) in [5.74, 6) is -98.6. The van der Waals surface area contributed by atoms with Crippen molar-refractivity contribution in [2.75, 3.05) is 13.2 Å². The molecule has 83 heavy (non-hydrogen) atoms. The smallest absolute Gasteiger partial charge is 0.460 e. The number of esters is 2. The first-order valence-electron chi connectivity index (χ1n) is 21.5. The number of allylic oxidation sites excluding steroid dienone is 2. The highest BCUT2D eigenvalue weighted by Crippen LogP contribution is 2.67. The van der Waals surface area contributed by atoms with Crippen LogP contribution in [0, 0.1) is 13.8 Å². The van der Waals surface area contributed by atoms with Crippen molar-refractivity contribution < 1.29 is 160 Å². The Kier molecular flexibility index (Phi) is 17.0. The van der Waals surface area contributed by atoms with Gasteiger partial charge < -0.3 is 9.47 Å². The van der Waals surface area contributed by atoms with E-state index in [4.69, 9.17) is 0 Å². The minimum absolute atomic E-state index is 0.210. The lowest BCUT2D eigenvalue weighted by molar-refractivity contribution is -0.440. The second kappa shape index (κ2) is 20.8. The van der Waals surface area contributed by atoms with Gasteiger partial charge in [0.25, 0.3) is 0 Å². The van der Waals surface area contributed by atoms with E-state index in [-0.39, 0.29) is 20.9 Å². The summed E-state index contributed by atoms with van der Waals surface area (Å²) in [6, 6.07) is 7.32. The van der Waals surface area contributed by atoms with E-state index in [1.54, 1.807) is 0 Å². The van der Waals surface area contributed by atoms with Crippen LogP contribution in [0.25, 0.3) is 32.0 Å². The number of halogens is 32. The van der Waals surface area contributed by atoms with Crippen LogP contribution >= 0.6 is 22.7 Å². The second-order valence-corrected chi connectivity index (χ2v) is 20.1. The minimum atomic E-state index is -8.20. The first kappa shape index (κ1) is 68.1. The van der Waals surface area contributed by atoms with Crippen molar-refractivity contribution in [1.82, 2.24) is 0 Å². The van der Waals surface area contributed by atoms with Crippen molar-refractivity contribution in [2.24, 2.45) is 0 Å². The molecule has 0 atom stereocenters. The normalized spacial score (nSPS) is 17.1. The average molecular weight is 1300 g/mol. The predicted octanol–water partition coefficient (Wildman–Crippen LogP) is 18.2. The van der Waals surface area contributed by atoms with Crippen LogP contribution in [0.15, 0.2) is 60.7 Å². The fourth-order valence-corrected chi connectivity index (χ4v) is 9.41. The zero-order chi connectivity index (χ0) is 64.3. The molecule has 0 unspecified atom stereocenters. The van der Waals surface area contributed by atoms with Crippen LogP contribution in [0.2, 0.25) is 0 Å². The number of hydrogen-bond acceptors (Lipinski definition) is 6. The number of ether oxygens (including phenoxy) is 2. The Balaban J connectivity index is 1.36. The van der Waals surface area contributed by atoms with Crippen LogP contribution in [0.5, 0.6) is 0 Å². The lowest BCUT2D eigenvalue weighted by Crippen LogP contribution is -2.70. The molecule has 0 amide bonds. The number of hydrogen-bond donors (Lipinski definition) is 0. The maximum Gasteiger partial charge on any atom is 0.460 e. The third kappa shape index (κ3) is 10.5. The van der Waals surface area contributed by atoms with Crippen molar-refractivity contribution >= 4 is 45.8 Å². The number of thiophene rings is 2. The molecule has 5 rings (SSSR count). The SMILES string of the molecule is Cc1sc(-c2ccc(C(=O)OCCC(F)(F)C(F)(F)C(F)(F)C(F)(F)C(F)(F)C(F)(F)F)cc2)cc1C1=C(c2cc(-c3ccc(C(=O)OCCC(F)(F)C(F)(F)C(F)(F)C(F)(F)C(F)(F)C(F)(F)F)cc3)sc2C)C(F)(F)C(F)(F)C1(F)F. The lowest BCUT2D eigenvalue weighted by Gasteiger charge is -2.39. The third-order valence-electron chi connectivity index (χ3n) is 12.1. The lowest BCUT2D eigenvalue weighted by atomic mass is 9.93. The molecule has 0 fully saturated rings. The number of carbonyl (C=O) groups excluding carboxylic acids is 2. The van der Waals surface area contributed by atoms with E-state index in [1.807, 2.05) is 0 Å². The molecular formula is C45H24F32O4S2. The molecule has 464 valence electrons. The van der Waals surface area contributed by atoms with E-state index in [2.05, 4.69) is 9.47 Å². The monoisotopic (exact) mass is 1300 g/mol. The van der Waals surface area contributed by atoms with Gasteiger partial charge in [-0.15, -0.1) is 22.7 Å². The Bertz CT molecular complexity index is 2900. The van der Waals surface area contributed by atoms with Gasteiger partial charge in [-0.1, -0.05) is 24.3 Å². The van der Waals surface area contributed by atoms with Crippen LogP contribution < -0.4 is 0 Å². The largest absolute Gasteiger partial charge is 0.462 e. The van der Waals surface area contributed by atoms with Gasteiger partial charge in [0.05, 0.1) is 37.2 Å². The van der Waals surface area contributed by atoms with E-state index in [0.717, 1.165) is 38.1 Å². The van der Waals surface area contributed by atoms with E-state index < -0.39 is 170 Å². The fourth-order valence-electron chi connectivity index (χ4n) is 7.35. The Hall–Kier alpha value is -5.72. The van der Waals surface area contributed by atoms with Gasteiger partial charge in [-0.05, 0) is 72.5 Å². The quantitative estimate of drug-likeness (QED) is 0.0654. The van der Waals surface area contributed by atoms with Crippen molar-refractivity contribution in [1.29, 1.82) is 0 Å². The molecule has 4 aromatic rings.